The molecule has 9 rings (SSSR count). The van der Waals surface area contributed by atoms with Crippen LogP contribution in [0.2, 0.25) is 0 Å². The van der Waals surface area contributed by atoms with Gasteiger partial charge in [-0.2, -0.15) is 0 Å². The van der Waals surface area contributed by atoms with Crippen LogP contribution in [0, 0.1) is 6.92 Å². The van der Waals surface area contributed by atoms with Crippen LogP contribution in [0.1, 0.15) is 117 Å². The Morgan fingerprint density at radius 1 is 0.603 bits per heavy atom. The molecular formula is C53H62N8O6S. The quantitative estimate of drug-likeness (QED) is 0.0447. The number of rotatable bonds is 14. The van der Waals surface area contributed by atoms with Gasteiger partial charge in [0.1, 0.15) is 33.3 Å². The number of nitrogens with zero attached hydrogens (tertiary/aromatic N) is 6. The standard InChI is InChI=1S/C53H62N8O6S/c1-29-15-11-16-30-37(29)45-54-41(30)56-46-39-32(18-13-20-34(39)51(6,7)66-27-24-50(4,5)63)43(58-46)60-48-40-33(19-14-22-36(40)65-26-23-49(2,3)62)44(61-48)59-47-38-31(42(55-45)57-47)17-12-21-35(38)52(8,9)67-28-25-53(10,64)68/h11-12,14-19,21-22,62-64,68H,13,20,23-28H2,1-10H3,(H2,54,55,56,57,58,59,60,61). The lowest BCUT2D eigenvalue weighted by atomic mass is 9.82. The van der Waals surface area contributed by atoms with E-state index in [0.29, 0.717) is 89.3 Å². The lowest BCUT2D eigenvalue weighted by Crippen LogP contribution is -2.32. The molecule has 0 radical (unpaired) electrons. The monoisotopic (exact) mass is 938 g/mol. The summed E-state index contributed by atoms with van der Waals surface area (Å²) < 4.78 is 19.6. The third-order valence-electron chi connectivity index (χ3n) is 12.9. The average molecular weight is 939 g/mol. The zero-order valence-electron chi connectivity index (χ0n) is 40.6. The topological polar surface area (TPSA) is 197 Å². The van der Waals surface area contributed by atoms with E-state index in [2.05, 4.69) is 55.5 Å². The zero-order valence-corrected chi connectivity index (χ0v) is 41.5. The summed E-state index contributed by atoms with van der Waals surface area (Å²) in [7, 11) is 0. The van der Waals surface area contributed by atoms with Gasteiger partial charge in [-0.25, -0.2) is 29.9 Å². The smallest absolute Gasteiger partial charge is 0.165 e. The summed E-state index contributed by atoms with van der Waals surface area (Å²) in [5.41, 5.74) is 4.85. The van der Waals surface area contributed by atoms with Gasteiger partial charge in [-0.3, -0.25) is 0 Å². The van der Waals surface area contributed by atoms with Crippen molar-refractivity contribution < 1.29 is 29.5 Å². The van der Waals surface area contributed by atoms with Gasteiger partial charge >= 0.3 is 0 Å². The molecule has 68 heavy (non-hydrogen) atoms. The van der Waals surface area contributed by atoms with Crippen LogP contribution >= 0.6 is 12.6 Å². The van der Waals surface area contributed by atoms with Crippen molar-refractivity contribution in [1.82, 2.24) is 39.9 Å². The normalized spacial score (nSPS) is 15.4. The van der Waals surface area contributed by atoms with Crippen molar-refractivity contribution in [2.45, 2.75) is 129 Å². The lowest BCUT2D eigenvalue weighted by Gasteiger charge is -2.33. The van der Waals surface area contributed by atoms with E-state index in [4.69, 9.17) is 44.1 Å². The number of aromatic amines is 2. The number of fused-ring (bicyclic) bond motifs is 20. The SMILES string of the molecule is Cc1cccc2c3nc4nc(nc5[nH]c(nc6nc(nc([nH]3)c12)-c1cccc(C(C)(C)OCCC(C)(O)S)c1-6)c1cccc(OCCC(C)(C)O)c51)C1=CCCC(C(C)(C)OCCC(C)(C)O)=C14. The number of ether oxygens (including phenoxy) is 3. The van der Waals surface area contributed by atoms with Gasteiger partial charge in [0.25, 0.3) is 0 Å². The van der Waals surface area contributed by atoms with Crippen molar-refractivity contribution in [2.24, 2.45) is 0 Å². The molecule has 0 saturated carbocycles. The zero-order chi connectivity index (χ0) is 48.6. The van der Waals surface area contributed by atoms with E-state index >= 15 is 0 Å². The summed E-state index contributed by atoms with van der Waals surface area (Å²) in [6, 6.07) is 17.9. The number of aliphatic hydroxyl groups is 3. The van der Waals surface area contributed by atoms with Gasteiger partial charge in [-0.05, 0) is 111 Å². The van der Waals surface area contributed by atoms with Crippen LogP contribution in [0.15, 0.2) is 66.2 Å². The fourth-order valence-corrected chi connectivity index (χ4v) is 9.30. The molecule has 0 fully saturated rings. The van der Waals surface area contributed by atoms with E-state index in [1.54, 1.807) is 34.6 Å². The minimum Gasteiger partial charge on any atom is -0.493 e. The molecule has 5 N–H and O–H groups in total. The number of thiol groups is 1. The van der Waals surface area contributed by atoms with Gasteiger partial charge in [0.05, 0.1) is 47.6 Å². The number of aryl methyl sites for hydroxylation is 1. The van der Waals surface area contributed by atoms with Crippen LogP contribution in [0.3, 0.4) is 0 Å². The average Bonchev–Trinajstić information content (AvgIpc) is 3.98. The minimum absolute atomic E-state index is 0.254. The Hall–Kier alpha value is -5.55. The Morgan fingerprint density at radius 2 is 1.18 bits per heavy atom. The molecule has 1 atom stereocenters. The van der Waals surface area contributed by atoms with E-state index in [9.17, 15) is 15.3 Å². The second-order valence-corrected chi connectivity index (χ2v) is 21.6. The Kier molecular flexibility index (Phi) is 12.2. The van der Waals surface area contributed by atoms with Gasteiger partial charge in [-0.15, -0.1) is 12.6 Å². The molecule has 15 heteroatoms. The number of hydrogen-bond donors (Lipinski definition) is 6. The molecule has 356 valence electrons. The molecule has 1 aliphatic carbocycles. The predicted octanol–water partition coefficient (Wildman–Crippen LogP) is 10.3. The fraction of sp³-hybridized carbons (Fsp3) is 0.434. The van der Waals surface area contributed by atoms with Crippen molar-refractivity contribution in [3.63, 3.8) is 0 Å². The molecule has 0 amide bonds. The number of aromatic nitrogens is 8. The van der Waals surface area contributed by atoms with Gasteiger partial charge in [0.2, 0.25) is 0 Å². The van der Waals surface area contributed by atoms with Gasteiger partial charge in [0, 0.05) is 51.3 Å². The number of allylic oxidation sites excluding steroid dienone is 3. The van der Waals surface area contributed by atoms with E-state index < -0.39 is 27.3 Å². The second kappa shape index (κ2) is 17.4. The predicted molar refractivity (Wildman–Crippen MR) is 271 cm³/mol. The van der Waals surface area contributed by atoms with Crippen LogP contribution in [-0.2, 0) is 15.1 Å². The molecule has 0 spiro atoms. The van der Waals surface area contributed by atoms with Crippen molar-refractivity contribution in [3.05, 3.63) is 89.0 Å². The first-order chi connectivity index (χ1) is 32.0. The maximum atomic E-state index is 10.6. The molecule has 2 aliphatic heterocycles. The highest BCUT2D eigenvalue weighted by Gasteiger charge is 2.37. The molecule has 0 saturated heterocycles. The van der Waals surface area contributed by atoms with Crippen molar-refractivity contribution in [3.8, 4) is 28.5 Å². The third-order valence-corrected chi connectivity index (χ3v) is 13.1. The van der Waals surface area contributed by atoms with Gasteiger partial charge in [-0.1, -0.05) is 54.6 Å². The maximum Gasteiger partial charge on any atom is 0.165 e. The molecule has 8 bridgehead atoms. The van der Waals surface area contributed by atoms with Crippen molar-refractivity contribution in [1.29, 1.82) is 0 Å². The summed E-state index contributed by atoms with van der Waals surface area (Å²) in [6.07, 6.45) is 4.80. The molecule has 3 aromatic heterocycles. The van der Waals surface area contributed by atoms with E-state index in [1.165, 1.54) is 0 Å². The van der Waals surface area contributed by atoms with E-state index in [-0.39, 0.29) is 13.2 Å². The largest absolute Gasteiger partial charge is 0.493 e. The molecule has 5 heterocycles. The highest BCUT2D eigenvalue weighted by Crippen LogP contribution is 2.46. The molecular weight excluding hydrogens is 877 g/mol. The summed E-state index contributed by atoms with van der Waals surface area (Å²) in [5.74, 6) is 2.40. The van der Waals surface area contributed by atoms with Crippen LogP contribution in [-0.4, -0.2) is 96.7 Å². The highest BCUT2D eigenvalue weighted by atomic mass is 32.1. The Bertz CT molecular complexity index is 3200. The van der Waals surface area contributed by atoms with Crippen molar-refractivity contribution >= 4 is 67.9 Å². The first-order valence-corrected chi connectivity index (χ1v) is 23.8. The lowest BCUT2D eigenvalue weighted by molar-refractivity contribution is -0.0367. The number of benzene rings is 3. The Morgan fingerprint density at radius 3 is 1.88 bits per heavy atom. The highest BCUT2D eigenvalue weighted by molar-refractivity contribution is 7.81. The summed E-state index contributed by atoms with van der Waals surface area (Å²) in [6.45, 7) is 19.8. The minimum atomic E-state index is -1.20. The first-order valence-electron chi connectivity index (χ1n) is 23.4. The molecule has 6 aromatic rings. The summed E-state index contributed by atoms with van der Waals surface area (Å²) >= 11 is 4.33. The molecule has 3 aromatic carbocycles. The van der Waals surface area contributed by atoms with Gasteiger partial charge < -0.3 is 39.5 Å². The van der Waals surface area contributed by atoms with Crippen LogP contribution < -0.4 is 4.74 Å². The number of nitrogens with one attached hydrogen (secondary N) is 2. The fourth-order valence-electron chi connectivity index (χ4n) is 9.21. The Labute approximate surface area is 401 Å². The Balaban J connectivity index is 1.37. The molecule has 1 unspecified atom stereocenters. The molecule has 14 nitrogen and oxygen atoms in total. The van der Waals surface area contributed by atoms with E-state index in [1.807, 2.05) is 62.4 Å². The van der Waals surface area contributed by atoms with Crippen LogP contribution in [0.5, 0.6) is 5.75 Å². The van der Waals surface area contributed by atoms with E-state index in [0.717, 1.165) is 61.6 Å². The van der Waals surface area contributed by atoms with Crippen LogP contribution in [0.25, 0.3) is 78.1 Å². The van der Waals surface area contributed by atoms with Crippen molar-refractivity contribution in [2.75, 3.05) is 19.8 Å². The second-order valence-electron chi connectivity index (χ2n) is 20.7. The summed E-state index contributed by atoms with van der Waals surface area (Å²) in [5, 5.41) is 34.8. The first kappa shape index (κ1) is 47.5. The number of hydrogen-bond acceptors (Lipinski definition) is 13. The summed E-state index contributed by atoms with van der Waals surface area (Å²) in [4.78, 5) is 37.8. The number of H-pyrrole nitrogens is 2. The van der Waals surface area contributed by atoms with Gasteiger partial charge in [0.15, 0.2) is 23.3 Å². The molecule has 3 aliphatic rings. The van der Waals surface area contributed by atoms with Crippen LogP contribution in [0.4, 0.5) is 0 Å². The third kappa shape index (κ3) is 9.57. The maximum absolute atomic E-state index is 10.6.